The Hall–Kier alpha value is -2.50. The van der Waals surface area contributed by atoms with Gasteiger partial charge in [-0.25, -0.2) is 4.98 Å². The van der Waals surface area contributed by atoms with Gasteiger partial charge in [-0.2, -0.15) is 0 Å². The second kappa shape index (κ2) is 6.95. The van der Waals surface area contributed by atoms with Gasteiger partial charge < -0.3 is 9.30 Å². The summed E-state index contributed by atoms with van der Waals surface area (Å²) in [4.78, 5) is 10.7. The number of hydrogen-bond donors (Lipinski definition) is 0. The van der Waals surface area contributed by atoms with Crippen molar-refractivity contribution in [3.63, 3.8) is 0 Å². The minimum absolute atomic E-state index is 0.109. The zero-order valence-electron chi connectivity index (χ0n) is 13.5. The zero-order chi connectivity index (χ0) is 16.2. The maximum absolute atomic E-state index is 5.91. The van der Waals surface area contributed by atoms with E-state index < -0.39 is 0 Å². The standard InChI is InChI=1S/C19H20N4O/c1-2-17(12-20-7-1)19-14-22(10-11-24-19)13-16-3-5-18(6-4-16)23-9-8-21-15-23/h1-9,12,15,19H,10-11,13-14H2/t19-/m0/s1. The van der Waals surface area contributed by atoms with Crippen molar-refractivity contribution in [3.8, 4) is 5.69 Å². The maximum atomic E-state index is 5.91. The minimum Gasteiger partial charge on any atom is -0.371 e. The molecule has 0 unspecified atom stereocenters. The van der Waals surface area contributed by atoms with Gasteiger partial charge in [-0.1, -0.05) is 18.2 Å². The van der Waals surface area contributed by atoms with Gasteiger partial charge in [0.2, 0.25) is 0 Å². The molecule has 5 nitrogen and oxygen atoms in total. The highest BCUT2D eigenvalue weighted by Crippen LogP contribution is 2.22. The summed E-state index contributed by atoms with van der Waals surface area (Å²) in [5.74, 6) is 0. The van der Waals surface area contributed by atoms with Gasteiger partial charge >= 0.3 is 0 Å². The Morgan fingerprint density at radius 1 is 1.08 bits per heavy atom. The summed E-state index contributed by atoms with van der Waals surface area (Å²) < 4.78 is 7.92. The fourth-order valence-corrected chi connectivity index (χ4v) is 3.06. The van der Waals surface area contributed by atoms with Crippen molar-refractivity contribution in [2.24, 2.45) is 0 Å². The number of aromatic nitrogens is 3. The van der Waals surface area contributed by atoms with E-state index in [1.165, 1.54) is 5.56 Å². The number of nitrogens with zero attached hydrogens (tertiary/aromatic N) is 4. The van der Waals surface area contributed by atoms with Gasteiger partial charge in [0.15, 0.2) is 0 Å². The normalized spacial score (nSPS) is 18.6. The summed E-state index contributed by atoms with van der Waals surface area (Å²) in [6, 6.07) is 12.7. The highest BCUT2D eigenvalue weighted by atomic mass is 16.5. The van der Waals surface area contributed by atoms with Gasteiger partial charge in [0.1, 0.15) is 0 Å². The number of ether oxygens (including phenoxy) is 1. The van der Waals surface area contributed by atoms with Crippen LogP contribution in [0.4, 0.5) is 0 Å². The molecular weight excluding hydrogens is 300 g/mol. The molecule has 0 spiro atoms. The third-order valence-corrected chi connectivity index (χ3v) is 4.35. The van der Waals surface area contributed by atoms with Crippen LogP contribution >= 0.6 is 0 Å². The summed E-state index contributed by atoms with van der Waals surface area (Å²) in [5, 5.41) is 0. The summed E-state index contributed by atoms with van der Waals surface area (Å²) >= 11 is 0. The first-order valence-electron chi connectivity index (χ1n) is 8.20. The average molecular weight is 320 g/mol. The molecule has 0 radical (unpaired) electrons. The third-order valence-electron chi connectivity index (χ3n) is 4.35. The maximum Gasteiger partial charge on any atom is 0.0991 e. The van der Waals surface area contributed by atoms with E-state index in [-0.39, 0.29) is 6.10 Å². The Balaban J connectivity index is 1.41. The van der Waals surface area contributed by atoms with Crippen LogP contribution in [0.15, 0.2) is 67.5 Å². The second-order valence-electron chi connectivity index (χ2n) is 6.02. The smallest absolute Gasteiger partial charge is 0.0991 e. The van der Waals surface area contributed by atoms with Gasteiger partial charge in [0.25, 0.3) is 0 Å². The molecular formula is C19H20N4O. The van der Waals surface area contributed by atoms with Crippen LogP contribution in [0, 0.1) is 0 Å². The Bertz CT molecular complexity index is 756. The number of imidazole rings is 1. The Labute approximate surface area is 141 Å². The molecule has 1 fully saturated rings. The summed E-state index contributed by atoms with van der Waals surface area (Å²) in [5.41, 5.74) is 3.59. The van der Waals surface area contributed by atoms with Crippen LogP contribution < -0.4 is 0 Å². The molecule has 1 atom stereocenters. The number of morpholine rings is 1. The second-order valence-corrected chi connectivity index (χ2v) is 6.02. The fraction of sp³-hybridized carbons (Fsp3) is 0.263. The van der Waals surface area contributed by atoms with Gasteiger partial charge in [-0.15, -0.1) is 0 Å². The Morgan fingerprint density at radius 3 is 2.75 bits per heavy atom. The molecule has 1 aliphatic heterocycles. The first-order chi connectivity index (χ1) is 11.9. The number of rotatable bonds is 4. The molecule has 3 heterocycles. The molecule has 24 heavy (non-hydrogen) atoms. The van der Waals surface area contributed by atoms with Crippen LogP contribution in [0.1, 0.15) is 17.2 Å². The van der Waals surface area contributed by atoms with Crippen LogP contribution in [0.5, 0.6) is 0 Å². The summed E-state index contributed by atoms with van der Waals surface area (Å²) in [6.45, 7) is 3.55. The molecule has 0 bridgehead atoms. The number of benzene rings is 1. The van der Waals surface area contributed by atoms with Gasteiger partial charge in [-0.3, -0.25) is 9.88 Å². The van der Waals surface area contributed by atoms with Crippen LogP contribution in [0.25, 0.3) is 5.69 Å². The largest absolute Gasteiger partial charge is 0.371 e. The lowest BCUT2D eigenvalue weighted by Crippen LogP contribution is -2.37. The first kappa shape index (κ1) is 15.1. The first-order valence-corrected chi connectivity index (χ1v) is 8.20. The number of hydrogen-bond acceptors (Lipinski definition) is 4. The van der Waals surface area contributed by atoms with E-state index in [2.05, 4.69) is 45.2 Å². The lowest BCUT2D eigenvalue weighted by molar-refractivity contribution is -0.0330. The predicted molar refractivity (Wildman–Crippen MR) is 91.8 cm³/mol. The third kappa shape index (κ3) is 3.37. The fourth-order valence-electron chi connectivity index (χ4n) is 3.06. The lowest BCUT2D eigenvalue weighted by Gasteiger charge is -2.33. The lowest BCUT2D eigenvalue weighted by atomic mass is 10.1. The molecule has 0 saturated carbocycles. The molecule has 122 valence electrons. The van der Waals surface area contributed by atoms with Crippen LogP contribution in [-0.2, 0) is 11.3 Å². The van der Waals surface area contributed by atoms with Crippen molar-refractivity contribution in [2.75, 3.05) is 19.7 Å². The quantitative estimate of drug-likeness (QED) is 0.741. The van der Waals surface area contributed by atoms with E-state index in [9.17, 15) is 0 Å². The summed E-state index contributed by atoms with van der Waals surface area (Å²) in [7, 11) is 0. The molecule has 3 aromatic rings. The summed E-state index contributed by atoms with van der Waals surface area (Å²) in [6.07, 6.45) is 9.36. The highest BCUT2D eigenvalue weighted by Gasteiger charge is 2.22. The van der Waals surface area contributed by atoms with Crippen molar-refractivity contribution >= 4 is 0 Å². The van der Waals surface area contributed by atoms with Crippen LogP contribution in [0.3, 0.4) is 0 Å². The average Bonchev–Trinajstić information content (AvgIpc) is 3.18. The van der Waals surface area contributed by atoms with Crippen LogP contribution in [0.2, 0.25) is 0 Å². The number of pyridine rings is 1. The van der Waals surface area contributed by atoms with E-state index in [0.29, 0.717) is 0 Å². The monoisotopic (exact) mass is 320 g/mol. The van der Waals surface area contributed by atoms with Gasteiger partial charge in [-0.05, 0) is 23.8 Å². The topological polar surface area (TPSA) is 43.2 Å². The highest BCUT2D eigenvalue weighted by molar-refractivity contribution is 5.34. The SMILES string of the molecule is c1cncc([C@@H]2CN(Cc3ccc(-n4ccnc4)cc3)CCO2)c1. The molecule has 1 aromatic carbocycles. The van der Waals surface area contributed by atoms with Gasteiger partial charge in [0.05, 0.1) is 19.0 Å². The van der Waals surface area contributed by atoms with Crippen molar-refractivity contribution in [3.05, 3.63) is 78.6 Å². The van der Waals surface area contributed by atoms with E-state index in [1.807, 2.05) is 29.4 Å². The van der Waals surface area contributed by atoms with E-state index in [0.717, 1.165) is 37.5 Å². The zero-order valence-corrected chi connectivity index (χ0v) is 13.5. The molecule has 2 aromatic heterocycles. The van der Waals surface area contributed by atoms with Crippen molar-refractivity contribution in [2.45, 2.75) is 12.6 Å². The minimum atomic E-state index is 0.109. The van der Waals surface area contributed by atoms with Gasteiger partial charge in [0, 0.05) is 55.7 Å². The van der Waals surface area contributed by atoms with Crippen molar-refractivity contribution in [1.82, 2.24) is 19.4 Å². The predicted octanol–water partition coefficient (Wildman–Crippen LogP) is 2.84. The molecule has 0 aliphatic carbocycles. The van der Waals surface area contributed by atoms with E-state index in [1.54, 1.807) is 12.4 Å². The molecule has 4 rings (SSSR count). The Kier molecular flexibility index (Phi) is 4.36. The van der Waals surface area contributed by atoms with E-state index >= 15 is 0 Å². The van der Waals surface area contributed by atoms with Crippen molar-refractivity contribution in [1.29, 1.82) is 0 Å². The molecule has 0 N–H and O–H groups in total. The molecule has 0 amide bonds. The van der Waals surface area contributed by atoms with Crippen molar-refractivity contribution < 1.29 is 4.74 Å². The van der Waals surface area contributed by atoms with E-state index in [4.69, 9.17) is 4.74 Å². The molecule has 1 aliphatic rings. The Morgan fingerprint density at radius 2 is 2.00 bits per heavy atom. The molecule has 1 saturated heterocycles. The van der Waals surface area contributed by atoms with Crippen LogP contribution in [-0.4, -0.2) is 39.1 Å². The molecule has 5 heteroatoms.